The first-order chi connectivity index (χ1) is 9.24. The molecule has 4 heteroatoms. The summed E-state index contributed by atoms with van der Waals surface area (Å²) in [6.45, 7) is 0.795. The minimum atomic E-state index is -0.405. The summed E-state index contributed by atoms with van der Waals surface area (Å²) in [4.78, 5) is 26.3. The topological polar surface area (TPSA) is 49.4 Å². The highest BCUT2D eigenvalue weighted by Gasteiger charge is 2.38. The van der Waals surface area contributed by atoms with E-state index in [0.29, 0.717) is 12.8 Å². The van der Waals surface area contributed by atoms with E-state index in [4.69, 9.17) is 0 Å². The third-order valence-electron chi connectivity index (χ3n) is 4.00. The van der Waals surface area contributed by atoms with Crippen LogP contribution in [0.5, 0.6) is 0 Å². The van der Waals surface area contributed by atoms with E-state index in [-0.39, 0.29) is 17.9 Å². The van der Waals surface area contributed by atoms with Gasteiger partial charge in [0.15, 0.2) is 0 Å². The molecular formula is C15H18N2O2. The van der Waals surface area contributed by atoms with E-state index in [0.717, 1.165) is 24.9 Å². The lowest BCUT2D eigenvalue weighted by atomic mass is 10.1. The number of carbonyl (C=O) groups excluding carboxylic acids is 2. The van der Waals surface area contributed by atoms with Gasteiger partial charge < -0.3 is 10.2 Å². The van der Waals surface area contributed by atoms with Gasteiger partial charge in [-0.2, -0.15) is 0 Å². The Morgan fingerprint density at radius 3 is 2.79 bits per heavy atom. The van der Waals surface area contributed by atoms with Crippen molar-refractivity contribution < 1.29 is 9.59 Å². The molecule has 3 rings (SSSR count). The predicted molar refractivity (Wildman–Crippen MR) is 71.4 cm³/mol. The van der Waals surface area contributed by atoms with Crippen LogP contribution in [0.25, 0.3) is 0 Å². The Bertz CT molecular complexity index is 486. The van der Waals surface area contributed by atoms with Crippen molar-refractivity contribution in [2.24, 2.45) is 0 Å². The number of carbonyl (C=O) groups is 2. The minimum Gasteiger partial charge on any atom is -0.344 e. The Balaban J connectivity index is 1.79. The SMILES string of the molecule is O=C1CC2CCCN2C(=O)[C@H](Cc2ccccc2)N1. The molecule has 2 atom stereocenters. The van der Waals surface area contributed by atoms with Gasteiger partial charge in [0.1, 0.15) is 6.04 Å². The molecular weight excluding hydrogens is 240 g/mol. The van der Waals surface area contributed by atoms with E-state index in [1.54, 1.807) is 0 Å². The third kappa shape index (κ3) is 2.48. The maximum absolute atomic E-state index is 12.5. The quantitative estimate of drug-likeness (QED) is 0.864. The molecule has 100 valence electrons. The second-order valence-corrected chi connectivity index (χ2v) is 5.34. The minimum absolute atomic E-state index is 0.00341. The number of rotatable bonds is 2. The molecule has 2 aliphatic rings. The second-order valence-electron chi connectivity index (χ2n) is 5.34. The molecule has 2 saturated heterocycles. The summed E-state index contributed by atoms with van der Waals surface area (Å²) in [5, 5.41) is 2.88. The van der Waals surface area contributed by atoms with Gasteiger partial charge in [0.25, 0.3) is 0 Å². The van der Waals surface area contributed by atoms with E-state index < -0.39 is 6.04 Å². The summed E-state index contributed by atoms with van der Waals surface area (Å²) in [5.74, 6) is 0.0842. The molecule has 0 saturated carbocycles. The van der Waals surface area contributed by atoms with Crippen molar-refractivity contribution in [1.29, 1.82) is 0 Å². The molecule has 1 aromatic rings. The smallest absolute Gasteiger partial charge is 0.245 e. The number of hydrogen-bond donors (Lipinski definition) is 1. The molecule has 1 unspecified atom stereocenters. The lowest BCUT2D eigenvalue weighted by molar-refractivity contribution is -0.133. The van der Waals surface area contributed by atoms with Gasteiger partial charge in [-0.25, -0.2) is 0 Å². The molecule has 0 spiro atoms. The Kier molecular flexibility index (Phi) is 3.23. The highest BCUT2D eigenvalue weighted by Crippen LogP contribution is 2.24. The maximum atomic E-state index is 12.5. The number of nitrogens with one attached hydrogen (secondary N) is 1. The first kappa shape index (κ1) is 12.2. The van der Waals surface area contributed by atoms with Crippen molar-refractivity contribution in [2.45, 2.75) is 37.8 Å². The summed E-state index contributed by atoms with van der Waals surface area (Å²) in [7, 11) is 0. The van der Waals surface area contributed by atoms with Gasteiger partial charge in [0, 0.05) is 25.4 Å². The molecule has 0 aliphatic carbocycles. The first-order valence-corrected chi connectivity index (χ1v) is 6.88. The molecule has 2 heterocycles. The molecule has 0 radical (unpaired) electrons. The van der Waals surface area contributed by atoms with Crippen LogP contribution >= 0.6 is 0 Å². The highest BCUT2D eigenvalue weighted by atomic mass is 16.2. The molecule has 2 aliphatic heterocycles. The van der Waals surface area contributed by atoms with E-state index >= 15 is 0 Å². The van der Waals surface area contributed by atoms with Crippen molar-refractivity contribution in [3.8, 4) is 0 Å². The van der Waals surface area contributed by atoms with Gasteiger partial charge >= 0.3 is 0 Å². The molecule has 2 amide bonds. The van der Waals surface area contributed by atoms with Crippen molar-refractivity contribution in [2.75, 3.05) is 6.54 Å². The van der Waals surface area contributed by atoms with Crippen molar-refractivity contribution in [3.05, 3.63) is 35.9 Å². The zero-order valence-corrected chi connectivity index (χ0v) is 10.8. The number of fused-ring (bicyclic) bond motifs is 1. The van der Waals surface area contributed by atoms with Crippen molar-refractivity contribution in [1.82, 2.24) is 10.2 Å². The van der Waals surface area contributed by atoms with Crippen LogP contribution < -0.4 is 5.32 Å². The molecule has 19 heavy (non-hydrogen) atoms. The van der Waals surface area contributed by atoms with Crippen LogP contribution in [0.2, 0.25) is 0 Å². The van der Waals surface area contributed by atoms with E-state index in [1.807, 2.05) is 35.2 Å². The summed E-state index contributed by atoms with van der Waals surface area (Å²) >= 11 is 0. The molecule has 0 bridgehead atoms. The average Bonchev–Trinajstić information content (AvgIpc) is 2.82. The van der Waals surface area contributed by atoms with E-state index in [9.17, 15) is 9.59 Å². The summed E-state index contributed by atoms with van der Waals surface area (Å²) in [6.07, 6.45) is 3.00. The third-order valence-corrected chi connectivity index (χ3v) is 4.00. The second kappa shape index (κ2) is 5.03. The number of benzene rings is 1. The van der Waals surface area contributed by atoms with E-state index in [2.05, 4.69) is 5.32 Å². The fourth-order valence-corrected chi connectivity index (χ4v) is 3.06. The first-order valence-electron chi connectivity index (χ1n) is 6.88. The Hall–Kier alpha value is -1.84. The Morgan fingerprint density at radius 1 is 1.21 bits per heavy atom. The fourth-order valence-electron chi connectivity index (χ4n) is 3.06. The van der Waals surface area contributed by atoms with Gasteiger partial charge in [-0.3, -0.25) is 9.59 Å². The van der Waals surface area contributed by atoms with Gasteiger partial charge in [0.05, 0.1) is 0 Å². The summed E-state index contributed by atoms with van der Waals surface area (Å²) in [5.41, 5.74) is 1.08. The largest absolute Gasteiger partial charge is 0.344 e. The van der Waals surface area contributed by atoms with Crippen molar-refractivity contribution in [3.63, 3.8) is 0 Å². The van der Waals surface area contributed by atoms with Crippen LogP contribution in [0.15, 0.2) is 30.3 Å². The monoisotopic (exact) mass is 258 g/mol. The summed E-state index contributed by atoms with van der Waals surface area (Å²) < 4.78 is 0. The predicted octanol–water partition coefficient (Wildman–Crippen LogP) is 1.11. The molecule has 0 aromatic heterocycles. The molecule has 1 aromatic carbocycles. The maximum Gasteiger partial charge on any atom is 0.245 e. The molecule has 1 N–H and O–H groups in total. The summed E-state index contributed by atoms with van der Waals surface area (Å²) in [6, 6.07) is 9.56. The fraction of sp³-hybridized carbons (Fsp3) is 0.467. The van der Waals surface area contributed by atoms with Crippen LogP contribution in [-0.2, 0) is 16.0 Å². The number of amides is 2. The number of nitrogens with zero attached hydrogens (tertiary/aromatic N) is 1. The van der Waals surface area contributed by atoms with Crippen molar-refractivity contribution >= 4 is 11.8 Å². The van der Waals surface area contributed by atoms with Gasteiger partial charge in [0.2, 0.25) is 11.8 Å². The molecule has 4 nitrogen and oxygen atoms in total. The molecule has 2 fully saturated rings. The lowest BCUT2D eigenvalue weighted by Gasteiger charge is -2.24. The van der Waals surface area contributed by atoms with Crippen LogP contribution in [0, 0.1) is 0 Å². The standard InChI is InChI=1S/C15H18N2O2/c18-14-10-12-7-4-8-17(12)15(19)13(16-14)9-11-5-2-1-3-6-11/h1-3,5-6,12-13H,4,7-10H2,(H,16,18)/t12?,13-/m0/s1. The number of hydrogen-bond acceptors (Lipinski definition) is 2. The zero-order chi connectivity index (χ0) is 13.2. The van der Waals surface area contributed by atoms with Gasteiger partial charge in [-0.15, -0.1) is 0 Å². The average molecular weight is 258 g/mol. The highest BCUT2D eigenvalue weighted by molar-refractivity contribution is 5.91. The van der Waals surface area contributed by atoms with Crippen LogP contribution in [0.3, 0.4) is 0 Å². The Morgan fingerprint density at radius 2 is 2.00 bits per heavy atom. The van der Waals surface area contributed by atoms with Gasteiger partial charge in [-0.1, -0.05) is 30.3 Å². The van der Waals surface area contributed by atoms with Gasteiger partial charge in [-0.05, 0) is 18.4 Å². The normalized spacial score (nSPS) is 26.8. The zero-order valence-electron chi connectivity index (χ0n) is 10.8. The van der Waals surface area contributed by atoms with Crippen LogP contribution in [-0.4, -0.2) is 35.3 Å². The van der Waals surface area contributed by atoms with Crippen LogP contribution in [0.4, 0.5) is 0 Å². The van der Waals surface area contributed by atoms with E-state index in [1.165, 1.54) is 0 Å². The van der Waals surface area contributed by atoms with Crippen LogP contribution in [0.1, 0.15) is 24.8 Å². The Labute approximate surface area is 112 Å². The lowest BCUT2D eigenvalue weighted by Crippen LogP contribution is -2.46.